The van der Waals surface area contributed by atoms with Crippen LogP contribution < -0.4 is 9.47 Å². The van der Waals surface area contributed by atoms with E-state index in [9.17, 15) is 9.59 Å². The van der Waals surface area contributed by atoms with Crippen LogP contribution in [-0.2, 0) is 16.1 Å². The minimum Gasteiger partial charge on any atom is -0.493 e. The summed E-state index contributed by atoms with van der Waals surface area (Å²) in [5, 5.41) is 0. The lowest BCUT2D eigenvalue weighted by atomic mass is 9.96. The molecule has 1 aliphatic rings. The maximum Gasteiger partial charge on any atom is 0.410 e. The molecule has 1 atom stereocenters. The second-order valence-electron chi connectivity index (χ2n) is 8.31. The molecular weight excluding hydrogens is 372 g/mol. The first-order chi connectivity index (χ1) is 13.7. The average molecular weight is 407 g/mol. The number of piperidine rings is 1. The molecule has 7 heteroatoms. The molecule has 1 fully saturated rings. The van der Waals surface area contributed by atoms with E-state index < -0.39 is 5.60 Å². The second kappa shape index (κ2) is 9.85. The molecule has 1 saturated heterocycles. The first kappa shape index (κ1) is 22.8. The molecule has 0 radical (unpaired) electrons. The highest BCUT2D eigenvalue weighted by Crippen LogP contribution is 2.28. The maximum atomic E-state index is 13.2. The summed E-state index contributed by atoms with van der Waals surface area (Å²) in [6.07, 6.45) is 1.22. The molecule has 0 bridgehead atoms. The molecule has 1 aromatic carbocycles. The van der Waals surface area contributed by atoms with Gasteiger partial charge in [0.1, 0.15) is 5.60 Å². The van der Waals surface area contributed by atoms with Gasteiger partial charge in [-0.05, 0) is 58.2 Å². The van der Waals surface area contributed by atoms with E-state index in [2.05, 4.69) is 0 Å². The lowest BCUT2D eigenvalue weighted by Gasteiger charge is -2.35. The van der Waals surface area contributed by atoms with Crippen molar-refractivity contribution < 1.29 is 23.8 Å². The lowest BCUT2D eigenvalue weighted by molar-refractivity contribution is -0.137. The van der Waals surface area contributed by atoms with Crippen molar-refractivity contribution in [1.29, 1.82) is 0 Å². The summed E-state index contributed by atoms with van der Waals surface area (Å²) in [6, 6.07) is 5.67. The zero-order valence-electron chi connectivity index (χ0n) is 18.5. The van der Waals surface area contributed by atoms with Crippen molar-refractivity contribution in [3.05, 3.63) is 23.8 Å². The number of benzene rings is 1. The number of carbonyl (C=O) groups excluding carboxylic acids is 2. The van der Waals surface area contributed by atoms with Crippen LogP contribution in [0.3, 0.4) is 0 Å². The van der Waals surface area contributed by atoms with Gasteiger partial charge in [0.25, 0.3) is 0 Å². The summed E-state index contributed by atoms with van der Waals surface area (Å²) in [5.41, 5.74) is 0.425. The Balaban J connectivity index is 2.05. The number of amides is 2. The molecule has 0 saturated carbocycles. The lowest BCUT2D eigenvalue weighted by Crippen LogP contribution is -2.47. The van der Waals surface area contributed by atoms with Crippen LogP contribution in [0.2, 0.25) is 0 Å². The number of nitrogens with zero attached hydrogens (tertiary/aromatic N) is 2. The smallest absolute Gasteiger partial charge is 0.410 e. The minimum absolute atomic E-state index is 0.0653. The van der Waals surface area contributed by atoms with Gasteiger partial charge < -0.3 is 24.0 Å². The van der Waals surface area contributed by atoms with E-state index >= 15 is 0 Å². The van der Waals surface area contributed by atoms with Crippen LogP contribution in [0.1, 0.15) is 46.1 Å². The summed E-state index contributed by atoms with van der Waals surface area (Å²) in [4.78, 5) is 29.0. The highest BCUT2D eigenvalue weighted by molar-refractivity contribution is 5.80. The maximum absolute atomic E-state index is 13.2. The van der Waals surface area contributed by atoms with Gasteiger partial charge in [-0.1, -0.05) is 6.07 Å². The molecule has 0 aromatic heterocycles. The highest BCUT2D eigenvalue weighted by Gasteiger charge is 2.32. The summed E-state index contributed by atoms with van der Waals surface area (Å²) < 4.78 is 16.1. The first-order valence-electron chi connectivity index (χ1n) is 10.2. The van der Waals surface area contributed by atoms with Gasteiger partial charge in [0.15, 0.2) is 11.5 Å². The molecule has 1 heterocycles. The third-order valence-electron chi connectivity index (χ3n) is 4.94. The van der Waals surface area contributed by atoms with Crippen molar-refractivity contribution in [2.24, 2.45) is 5.92 Å². The zero-order valence-corrected chi connectivity index (χ0v) is 18.5. The Labute approximate surface area is 173 Å². The van der Waals surface area contributed by atoms with E-state index in [1.807, 2.05) is 50.8 Å². The monoisotopic (exact) mass is 406 g/mol. The van der Waals surface area contributed by atoms with Crippen LogP contribution in [0, 0.1) is 5.92 Å². The molecule has 1 aromatic rings. The van der Waals surface area contributed by atoms with Gasteiger partial charge in [-0.25, -0.2) is 4.79 Å². The molecule has 2 amide bonds. The minimum atomic E-state index is -0.545. The summed E-state index contributed by atoms with van der Waals surface area (Å²) in [7, 11) is 3.19. The molecule has 162 valence electrons. The molecular formula is C22H34N2O5. The SMILES string of the molecule is CCN(Cc1ccc(OC)c(OC)c1)C(=O)C1CCCN(C(=O)OC(C)(C)C)C1. The predicted molar refractivity (Wildman–Crippen MR) is 111 cm³/mol. The largest absolute Gasteiger partial charge is 0.493 e. The average Bonchev–Trinajstić information content (AvgIpc) is 2.70. The van der Waals surface area contributed by atoms with Gasteiger partial charge in [-0.2, -0.15) is 0 Å². The van der Waals surface area contributed by atoms with Crippen LogP contribution in [-0.4, -0.2) is 61.3 Å². The number of carbonyl (C=O) groups is 2. The fraction of sp³-hybridized carbons (Fsp3) is 0.636. The number of methoxy groups -OCH3 is 2. The third-order valence-corrected chi connectivity index (χ3v) is 4.94. The number of likely N-dealkylation sites (tertiary alicyclic amines) is 1. The number of hydrogen-bond donors (Lipinski definition) is 0. The molecule has 1 unspecified atom stereocenters. The fourth-order valence-corrected chi connectivity index (χ4v) is 3.47. The van der Waals surface area contributed by atoms with Crippen molar-refractivity contribution in [3.8, 4) is 11.5 Å². The Morgan fingerprint density at radius 3 is 2.45 bits per heavy atom. The zero-order chi connectivity index (χ0) is 21.6. The van der Waals surface area contributed by atoms with E-state index in [0.717, 1.165) is 18.4 Å². The molecule has 1 aliphatic heterocycles. The molecule has 0 N–H and O–H groups in total. The van der Waals surface area contributed by atoms with Gasteiger partial charge in [0.05, 0.1) is 20.1 Å². The Kier molecular flexibility index (Phi) is 7.76. The van der Waals surface area contributed by atoms with E-state index in [0.29, 0.717) is 37.7 Å². The van der Waals surface area contributed by atoms with E-state index in [4.69, 9.17) is 14.2 Å². The van der Waals surface area contributed by atoms with E-state index in [-0.39, 0.29) is 17.9 Å². The van der Waals surface area contributed by atoms with Gasteiger partial charge in [-0.3, -0.25) is 4.79 Å². The molecule has 7 nitrogen and oxygen atoms in total. The quantitative estimate of drug-likeness (QED) is 0.721. The molecule has 0 aliphatic carbocycles. The van der Waals surface area contributed by atoms with Crippen molar-refractivity contribution in [3.63, 3.8) is 0 Å². The van der Waals surface area contributed by atoms with Crippen molar-refractivity contribution in [1.82, 2.24) is 9.80 Å². The number of hydrogen-bond acceptors (Lipinski definition) is 5. The van der Waals surface area contributed by atoms with Crippen molar-refractivity contribution in [2.75, 3.05) is 33.9 Å². The van der Waals surface area contributed by atoms with Crippen LogP contribution in [0.5, 0.6) is 11.5 Å². The summed E-state index contributed by atoms with van der Waals surface area (Å²) >= 11 is 0. The molecule has 2 rings (SSSR count). The predicted octanol–water partition coefficient (Wildman–Crippen LogP) is 3.70. The fourth-order valence-electron chi connectivity index (χ4n) is 3.47. The Bertz CT molecular complexity index is 714. The van der Waals surface area contributed by atoms with E-state index in [1.54, 1.807) is 19.1 Å². The van der Waals surface area contributed by atoms with Crippen molar-refractivity contribution in [2.45, 2.75) is 52.7 Å². The Morgan fingerprint density at radius 2 is 1.86 bits per heavy atom. The van der Waals surface area contributed by atoms with Gasteiger partial charge in [0, 0.05) is 26.2 Å². The standard InChI is InChI=1S/C22H34N2O5/c1-7-23(14-16-10-11-18(27-5)19(13-16)28-6)20(25)17-9-8-12-24(15-17)21(26)29-22(2,3)4/h10-11,13,17H,7-9,12,14-15H2,1-6H3. The summed E-state index contributed by atoms with van der Waals surface area (Å²) in [5.74, 6) is 1.15. The number of rotatable bonds is 6. The molecule has 29 heavy (non-hydrogen) atoms. The third kappa shape index (κ3) is 6.27. The second-order valence-corrected chi connectivity index (χ2v) is 8.31. The van der Waals surface area contributed by atoms with Crippen LogP contribution in [0.25, 0.3) is 0 Å². The number of ether oxygens (including phenoxy) is 3. The normalized spacial score (nSPS) is 16.9. The highest BCUT2D eigenvalue weighted by atomic mass is 16.6. The Morgan fingerprint density at radius 1 is 1.17 bits per heavy atom. The molecule has 0 spiro atoms. The van der Waals surface area contributed by atoms with Crippen molar-refractivity contribution >= 4 is 12.0 Å². The van der Waals surface area contributed by atoms with Gasteiger partial charge in [0.2, 0.25) is 5.91 Å². The Hall–Kier alpha value is -2.44. The van der Waals surface area contributed by atoms with Crippen LogP contribution in [0.15, 0.2) is 18.2 Å². The van der Waals surface area contributed by atoms with Gasteiger partial charge >= 0.3 is 6.09 Å². The van der Waals surface area contributed by atoms with Crippen LogP contribution >= 0.6 is 0 Å². The first-order valence-corrected chi connectivity index (χ1v) is 10.2. The summed E-state index contributed by atoms with van der Waals surface area (Å²) in [6.45, 7) is 9.61. The topological polar surface area (TPSA) is 68.3 Å². The van der Waals surface area contributed by atoms with Gasteiger partial charge in [-0.15, -0.1) is 0 Å². The van der Waals surface area contributed by atoms with Crippen LogP contribution in [0.4, 0.5) is 4.79 Å². The van der Waals surface area contributed by atoms with E-state index in [1.165, 1.54) is 0 Å².